The molecule has 2 unspecified atom stereocenters. The van der Waals surface area contributed by atoms with Gasteiger partial charge in [-0.1, -0.05) is 0 Å². The summed E-state index contributed by atoms with van der Waals surface area (Å²) in [5.74, 6) is 1.61. The van der Waals surface area contributed by atoms with Gasteiger partial charge in [-0.05, 0) is 62.5 Å². The zero-order chi connectivity index (χ0) is 19.4. The average molecular weight is 401 g/mol. The smallest absolute Gasteiger partial charge is 0.312 e. The number of aromatic nitrogens is 1. The van der Waals surface area contributed by atoms with E-state index < -0.39 is 5.41 Å². The molecule has 1 N–H and O–H groups in total. The highest BCUT2D eigenvalue weighted by molar-refractivity contribution is 7.13. The van der Waals surface area contributed by atoms with E-state index in [-0.39, 0.29) is 24.0 Å². The SMILES string of the molecule is CC(=O)NC12CC3CC(C1)CC(C(=O)OCc1csc(-c4ccco4)n1)(C3)C2. The number of ether oxygens (including phenoxy) is 1. The predicted molar refractivity (Wildman–Crippen MR) is 103 cm³/mol. The monoisotopic (exact) mass is 400 g/mol. The number of hydrogen-bond donors (Lipinski definition) is 1. The molecule has 148 valence electrons. The van der Waals surface area contributed by atoms with Crippen LogP contribution in [0.4, 0.5) is 0 Å². The maximum atomic E-state index is 13.2. The molecule has 4 bridgehead atoms. The fraction of sp³-hybridized carbons (Fsp3) is 0.571. The maximum Gasteiger partial charge on any atom is 0.312 e. The molecule has 4 saturated carbocycles. The highest BCUT2D eigenvalue weighted by Crippen LogP contribution is 2.62. The van der Waals surface area contributed by atoms with Crippen LogP contribution < -0.4 is 5.32 Å². The van der Waals surface area contributed by atoms with Crippen molar-refractivity contribution < 1.29 is 18.7 Å². The fourth-order valence-corrected chi connectivity index (χ4v) is 6.97. The second kappa shape index (κ2) is 6.44. The molecule has 2 atom stereocenters. The van der Waals surface area contributed by atoms with Gasteiger partial charge in [0.05, 0.1) is 17.4 Å². The Morgan fingerprint density at radius 3 is 2.79 bits per heavy atom. The summed E-state index contributed by atoms with van der Waals surface area (Å²) in [6.07, 6.45) is 7.27. The van der Waals surface area contributed by atoms with Gasteiger partial charge in [-0.25, -0.2) is 4.98 Å². The van der Waals surface area contributed by atoms with Crippen LogP contribution in [0.3, 0.4) is 0 Å². The quantitative estimate of drug-likeness (QED) is 0.770. The topological polar surface area (TPSA) is 81.4 Å². The van der Waals surface area contributed by atoms with Crippen LogP contribution >= 0.6 is 11.3 Å². The summed E-state index contributed by atoms with van der Waals surface area (Å²) in [6, 6.07) is 3.69. The van der Waals surface area contributed by atoms with Crippen LogP contribution in [-0.4, -0.2) is 22.4 Å². The second-order valence-corrected chi connectivity index (χ2v) is 9.76. The zero-order valence-corrected chi connectivity index (χ0v) is 16.7. The van der Waals surface area contributed by atoms with Crippen LogP contribution in [0.15, 0.2) is 28.2 Å². The van der Waals surface area contributed by atoms with E-state index in [0.29, 0.717) is 18.3 Å². The van der Waals surface area contributed by atoms with Crippen molar-refractivity contribution in [3.05, 3.63) is 29.5 Å². The lowest BCUT2D eigenvalue weighted by molar-refractivity contribution is -0.177. The van der Waals surface area contributed by atoms with E-state index in [9.17, 15) is 9.59 Å². The van der Waals surface area contributed by atoms with Crippen LogP contribution in [-0.2, 0) is 20.9 Å². The lowest BCUT2D eigenvalue weighted by atomic mass is 9.47. The van der Waals surface area contributed by atoms with Crippen molar-refractivity contribution in [2.24, 2.45) is 17.3 Å². The molecule has 1 amide bonds. The standard InChI is InChI=1S/C21H24N2O4S/c1-13(24)23-21-8-14-5-15(9-21)7-20(6-14,12-21)19(25)27-10-16-11-28-18(22-16)17-3-2-4-26-17/h2-4,11,14-15H,5-10,12H2,1H3,(H,23,24). The van der Waals surface area contributed by atoms with Crippen molar-refractivity contribution in [1.82, 2.24) is 10.3 Å². The minimum atomic E-state index is -0.452. The second-order valence-electron chi connectivity index (χ2n) is 8.90. The van der Waals surface area contributed by atoms with E-state index in [0.717, 1.165) is 42.1 Å². The summed E-state index contributed by atoms with van der Waals surface area (Å²) in [5, 5.41) is 5.89. The minimum absolute atomic E-state index is 0.00149. The normalized spacial score (nSPS) is 33.0. The van der Waals surface area contributed by atoms with Gasteiger partial charge in [-0.15, -0.1) is 11.3 Å². The van der Waals surface area contributed by atoms with E-state index in [1.54, 1.807) is 13.2 Å². The highest BCUT2D eigenvalue weighted by Gasteiger charge is 2.61. The number of nitrogens with zero attached hydrogens (tertiary/aromatic N) is 1. The molecule has 4 aliphatic carbocycles. The van der Waals surface area contributed by atoms with Crippen molar-refractivity contribution in [3.63, 3.8) is 0 Å². The summed E-state index contributed by atoms with van der Waals surface area (Å²) in [6.45, 7) is 1.75. The molecule has 4 fully saturated rings. The average Bonchev–Trinajstić information content (AvgIpc) is 3.28. The molecule has 2 aromatic rings. The molecule has 0 saturated heterocycles. The molecule has 0 spiro atoms. The number of hydrogen-bond acceptors (Lipinski definition) is 6. The molecule has 28 heavy (non-hydrogen) atoms. The van der Waals surface area contributed by atoms with Crippen LogP contribution in [0.5, 0.6) is 0 Å². The van der Waals surface area contributed by atoms with Gasteiger partial charge in [-0.3, -0.25) is 9.59 Å². The third kappa shape index (κ3) is 3.05. The number of furan rings is 1. The molecular weight excluding hydrogens is 376 g/mol. The largest absolute Gasteiger partial charge is 0.462 e. The van der Waals surface area contributed by atoms with Crippen LogP contribution in [0, 0.1) is 17.3 Å². The molecule has 0 aromatic carbocycles. The van der Waals surface area contributed by atoms with Crippen LogP contribution in [0.2, 0.25) is 0 Å². The summed E-state index contributed by atoms with van der Waals surface area (Å²) < 4.78 is 11.1. The van der Waals surface area contributed by atoms with Crippen molar-refractivity contribution in [2.75, 3.05) is 0 Å². The Bertz CT molecular complexity index is 889. The molecule has 6 nitrogen and oxygen atoms in total. The summed E-state index contributed by atoms with van der Waals surface area (Å²) in [7, 11) is 0. The first-order valence-electron chi connectivity index (χ1n) is 9.90. The fourth-order valence-electron chi connectivity index (χ4n) is 6.20. The summed E-state index contributed by atoms with van der Waals surface area (Å²) >= 11 is 1.48. The first kappa shape index (κ1) is 17.9. The van der Waals surface area contributed by atoms with Gasteiger partial charge >= 0.3 is 5.97 Å². The number of nitrogens with one attached hydrogen (secondary N) is 1. The Hall–Kier alpha value is -2.15. The summed E-state index contributed by atoms with van der Waals surface area (Å²) in [4.78, 5) is 29.4. The minimum Gasteiger partial charge on any atom is -0.462 e. The van der Waals surface area contributed by atoms with Crippen molar-refractivity contribution in [3.8, 4) is 10.8 Å². The molecule has 0 radical (unpaired) electrons. The molecule has 2 heterocycles. The Morgan fingerprint density at radius 2 is 2.11 bits per heavy atom. The van der Waals surface area contributed by atoms with Gasteiger partial charge in [0, 0.05) is 17.8 Å². The third-order valence-corrected chi connectivity index (χ3v) is 7.48. The Morgan fingerprint density at radius 1 is 1.32 bits per heavy atom. The first-order valence-corrected chi connectivity index (χ1v) is 10.8. The van der Waals surface area contributed by atoms with Crippen LogP contribution in [0.25, 0.3) is 10.8 Å². The highest BCUT2D eigenvalue weighted by atomic mass is 32.1. The first-order chi connectivity index (χ1) is 13.5. The Balaban J connectivity index is 1.29. The number of thiazole rings is 1. The lowest BCUT2D eigenvalue weighted by Crippen LogP contribution is -2.64. The Kier molecular flexibility index (Phi) is 4.12. The van der Waals surface area contributed by atoms with Gasteiger partial charge in [0.1, 0.15) is 6.61 Å². The third-order valence-electron chi connectivity index (χ3n) is 6.57. The van der Waals surface area contributed by atoms with Gasteiger partial charge < -0.3 is 14.5 Å². The van der Waals surface area contributed by atoms with Crippen molar-refractivity contribution in [2.45, 2.75) is 57.6 Å². The summed E-state index contributed by atoms with van der Waals surface area (Å²) in [5.41, 5.74) is 0.0695. The molecule has 7 heteroatoms. The molecule has 2 aromatic heterocycles. The number of amides is 1. The van der Waals surface area contributed by atoms with Gasteiger partial charge in [0.15, 0.2) is 10.8 Å². The van der Waals surface area contributed by atoms with Gasteiger partial charge in [0.2, 0.25) is 5.91 Å². The number of esters is 1. The van der Waals surface area contributed by atoms with Gasteiger partial charge in [-0.2, -0.15) is 0 Å². The lowest BCUT2D eigenvalue weighted by Gasteiger charge is -2.60. The predicted octanol–water partition coefficient (Wildman–Crippen LogP) is 3.92. The van der Waals surface area contributed by atoms with E-state index in [4.69, 9.17) is 9.15 Å². The van der Waals surface area contributed by atoms with E-state index in [1.807, 2.05) is 17.5 Å². The Labute approximate surface area is 167 Å². The number of carbonyl (C=O) groups is 2. The molecule has 4 aliphatic rings. The van der Waals surface area contributed by atoms with E-state index in [1.165, 1.54) is 17.8 Å². The number of carbonyl (C=O) groups excluding carboxylic acids is 2. The van der Waals surface area contributed by atoms with Gasteiger partial charge in [0.25, 0.3) is 0 Å². The van der Waals surface area contributed by atoms with Crippen molar-refractivity contribution in [1.29, 1.82) is 0 Å². The molecule has 0 aliphatic heterocycles. The van der Waals surface area contributed by atoms with Crippen LogP contribution in [0.1, 0.15) is 51.1 Å². The van der Waals surface area contributed by atoms with E-state index >= 15 is 0 Å². The number of rotatable bonds is 5. The van der Waals surface area contributed by atoms with E-state index in [2.05, 4.69) is 10.3 Å². The maximum absolute atomic E-state index is 13.2. The molecule has 6 rings (SSSR count). The zero-order valence-electron chi connectivity index (χ0n) is 15.9. The molecular formula is C21H24N2O4S. The van der Waals surface area contributed by atoms with Crippen molar-refractivity contribution >= 4 is 23.2 Å².